The van der Waals surface area contributed by atoms with Gasteiger partial charge in [-0.15, -0.1) is 12.4 Å². The number of nitrogens with zero attached hydrogens (tertiary/aromatic N) is 1. The summed E-state index contributed by atoms with van der Waals surface area (Å²) in [7, 11) is 0. The number of carbonyl (C=O) groups is 1. The van der Waals surface area contributed by atoms with Crippen LogP contribution in [0.15, 0.2) is 18.2 Å². The first-order valence-corrected chi connectivity index (χ1v) is 8.10. The monoisotopic (exact) mass is 340 g/mol. The minimum atomic E-state index is -0.161. The molecule has 23 heavy (non-hydrogen) atoms. The summed E-state index contributed by atoms with van der Waals surface area (Å²) in [4.78, 5) is 14.5. The second kappa shape index (κ2) is 6.38. The van der Waals surface area contributed by atoms with Gasteiger partial charge in [0, 0.05) is 36.5 Å². The standard InChI is InChI=1S/C17H21FN2O2.ClH/c18-13-3-1-4-14-16(13)17(5-2-6-17)11-20(14)15(21)9-12-10-22-8-7-19-12;/h1,3-4,12,19H,2,5-11H2;1H. The molecule has 6 heteroatoms. The summed E-state index contributed by atoms with van der Waals surface area (Å²) in [6.07, 6.45) is 3.49. The smallest absolute Gasteiger partial charge is 0.228 e. The van der Waals surface area contributed by atoms with Crippen LogP contribution < -0.4 is 10.2 Å². The van der Waals surface area contributed by atoms with E-state index in [0.717, 1.165) is 37.1 Å². The molecule has 4 nitrogen and oxygen atoms in total. The van der Waals surface area contributed by atoms with Crippen molar-refractivity contribution in [3.63, 3.8) is 0 Å². The Labute approximate surface area is 141 Å². The normalized spacial score (nSPS) is 24.7. The highest BCUT2D eigenvalue weighted by Crippen LogP contribution is 2.53. The van der Waals surface area contributed by atoms with E-state index in [1.165, 1.54) is 6.07 Å². The molecule has 1 aromatic carbocycles. The van der Waals surface area contributed by atoms with Crippen LogP contribution in [-0.2, 0) is 14.9 Å². The molecule has 2 aliphatic heterocycles. The number of hydrogen-bond donors (Lipinski definition) is 1. The van der Waals surface area contributed by atoms with Crippen molar-refractivity contribution in [3.05, 3.63) is 29.6 Å². The molecule has 1 saturated carbocycles. The molecule has 2 fully saturated rings. The number of carbonyl (C=O) groups excluding carboxylic acids is 1. The highest BCUT2D eigenvalue weighted by molar-refractivity contribution is 5.96. The van der Waals surface area contributed by atoms with Gasteiger partial charge in [-0.2, -0.15) is 0 Å². The fourth-order valence-electron chi connectivity index (χ4n) is 4.04. The van der Waals surface area contributed by atoms with Crippen molar-refractivity contribution in [3.8, 4) is 0 Å². The Bertz CT molecular complexity index is 600. The first kappa shape index (κ1) is 16.7. The summed E-state index contributed by atoms with van der Waals surface area (Å²) in [6, 6.07) is 5.17. The van der Waals surface area contributed by atoms with E-state index in [2.05, 4.69) is 5.32 Å². The molecule has 1 saturated heterocycles. The summed E-state index contributed by atoms with van der Waals surface area (Å²) in [6.45, 7) is 2.69. The van der Waals surface area contributed by atoms with Crippen LogP contribution >= 0.6 is 12.4 Å². The van der Waals surface area contributed by atoms with Gasteiger partial charge in [0.15, 0.2) is 0 Å². The maximum absolute atomic E-state index is 14.3. The quantitative estimate of drug-likeness (QED) is 0.899. The zero-order valence-corrected chi connectivity index (χ0v) is 13.8. The van der Waals surface area contributed by atoms with Gasteiger partial charge in [0.25, 0.3) is 0 Å². The topological polar surface area (TPSA) is 41.6 Å². The maximum Gasteiger partial charge on any atom is 0.228 e. The average molecular weight is 341 g/mol. The molecular weight excluding hydrogens is 319 g/mol. The second-order valence-electron chi connectivity index (χ2n) is 6.68. The Balaban J connectivity index is 0.00000156. The van der Waals surface area contributed by atoms with Crippen molar-refractivity contribution in [2.75, 3.05) is 31.2 Å². The highest BCUT2D eigenvalue weighted by atomic mass is 35.5. The molecule has 1 N–H and O–H groups in total. The third-order valence-corrected chi connectivity index (χ3v) is 5.30. The van der Waals surface area contributed by atoms with Crippen LogP contribution in [-0.4, -0.2) is 38.3 Å². The fraction of sp³-hybridized carbons (Fsp3) is 0.588. The lowest BCUT2D eigenvalue weighted by Gasteiger charge is -2.39. The molecule has 4 rings (SSSR count). The number of nitrogens with one attached hydrogen (secondary N) is 1. The molecule has 1 atom stereocenters. The Morgan fingerprint density at radius 1 is 1.43 bits per heavy atom. The van der Waals surface area contributed by atoms with Gasteiger partial charge >= 0.3 is 0 Å². The van der Waals surface area contributed by atoms with E-state index in [-0.39, 0.29) is 35.6 Å². The van der Waals surface area contributed by atoms with E-state index in [4.69, 9.17) is 4.74 Å². The summed E-state index contributed by atoms with van der Waals surface area (Å²) in [5.74, 6) is -0.0924. The number of anilines is 1. The molecule has 2 heterocycles. The summed E-state index contributed by atoms with van der Waals surface area (Å²) < 4.78 is 19.7. The first-order chi connectivity index (χ1) is 10.7. The minimum absolute atomic E-state index is 0. The Hall–Kier alpha value is -1.17. The van der Waals surface area contributed by atoms with Gasteiger partial charge in [-0.3, -0.25) is 4.79 Å². The Morgan fingerprint density at radius 3 is 2.91 bits per heavy atom. The third-order valence-electron chi connectivity index (χ3n) is 5.30. The third kappa shape index (κ3) is 2.75. The lowest BCUT2D eigenvalue weighted by atomic mass is 9.65. The van der Waals surface area contributed by atoms with Crippen molar-refractivity contribution in [2.24, 2.45) is 0 Å². The summed E-state index contributed by atoms with van der Waals surface area (Å²) in [5, 5.41) is 3.31. The van der Waals surface area contributed by atoms with Crippen molar-refractivity contribution in [1.82, 2.24) is 5.32 Å². The molecule has 0 radical (unpaired) electrons. The van der Waals surface area contributed by atoms with Gasteiger partial charge in [-0.25, -0.2) is 4.39 Å². The number of ether oxygens (including phenoxy) is 1. The first-order valence-electron chi connectivity index (χ1n) is 8.10. The Morgan fingerprint density at radius 2 is 2.26 bits per heavy atom. The number of amides is 1. The van der Waals surface area contributed by atoms with Crippen molar-refractivity contribution in [1.29, 1.82) is 0 Å². The molecule has 0 aromatic heterocycles. The number of halogens is 2. The number of rotatable bonds is 2. The Kier molecular flexibility index (Phi) is 4.63. The van der Waals surface area contributed by atoms with Gasteiger partial charge < -0.3 is 15.0 Å². The maximum atomic E-state index is 14.3. The van der Waals surface area contributed by atoms with E-state index in [1.54, 1.807) is 11.0 Å². The van der Waals surface area contributed by atoms with Crippen LogP contribution in [0.4, 0.5) is 10.1 Å². The lowest BCUT2D eigenvalue weighted by Crippen LogP contribution is -2.46. The van der Waals surface area contributed by atoms with E-state index in [9.17, 15) is 9.18 Å². The second-order valence-corrected chi connectivity index (χ2v) is 6.68. The molecule has 1 amide bonds. The minimum Gasteiger partial charge on any atom is -0.378 e. The molecule has 1 aliphatic carbocycles. The van der Waals surface area contributed by atoms with Crippen molar-refractivity contribution < 1.29 is 13.9 Å². The van der Waals surface area contributed by atoms with Gasteiger partial charge in [0.05, 0.1) is 18.9 Å². The molecule has 0 bridgehead atoms. The summed E-state index contributed by atoms with van der Waals surface area (Å²) >= 11 is 0. The van der Waals surface area contributed by atoms with Crippen molar-refractivity contribution in [2.45, 2.75) is 37.1 Å². The van der Waals surface area contributed by atoms with Crippen molar-refractivity contribution >= 4 is 24.0 Å². The average Bonchev–Trinajstić information content (AvgIpc) is 2.85. The van der Waals surface area contributed by atoms with Gasteiger partial charge in [-0.05, 0) is 25.0 Å². The predicted octanol–water partition coefficient (Wildman–Crippen LogP) is 2.39. The zero-order valence-electron chi connectivity index (χ0n) is 13.0. The van der Waals surface area contributed by atoms with Gasteiger partial charge in [0.1, 0.15) is 5.82 Å². The highest BCUT2D eigenvalue weighted by Gasteiger charge is 2.50. The SMILES string of the molecule is Cl.O=C(CC1COCCN1)N1CC2(CCC2)c2c(F)cccc21. The van der Waals surface area contributed by atoms with Crippen LogP contribution in [0, 0.1) is 5.82 Å². The van der Waals surface area contributed by atoms with Crippen LogP contribution in [0.1, 0.15) is 31.2 Å². The number of benzene rings is 1. The van der Waals surface area contributed by atoms with Crippen LogP contribution in [0.5, 0.6) is 0 Å². The zero-order chi connectivity index (χ0) is 15.2. The van der Waals surface area contributed by atoms with Gasteiger partial charge in [-0.1, -0.05) is 12.5 Å². The van der Waals surface area contributed by atoms with Gasteiger partial charge in [0.2, 0.25) is 5.91 Å². The summed E-state index contributed by atoms with van der Waals surface area (Å²) in [5.41, 5.74) is 1.41. The molecule has 126 valence electrons. The lowest BCUT2D eigenvalue weighted by molar-refractivity contribution is -0.119. The van der Waals surface area contributed by atoms with E-state index < -0.39 is 0 Å². The van der Waals surface area contributed by atoms with Crippen LogP contribution in [0.25, 0.3) is 0 Å². The number of hydrogen-bond acceptors (Lipinski definition) is 3. The van der Waals surface area contributed by atoms with E-state index in [1.807, 2.05) is 6.07 Å². The molecule has 3 aliphatic rings. The predicted molar refractivity (Wildman–Crippen MR) is 88.8 cm³/mol. The molecule has 1 aromatic rings. The van der Waals surface area contributed by atoms with E-state index >= 15 is 0 Å². The number of fused-ring (bicyclic) bond motifs is 2. The van der Waals surface area contributed by atoms with Crippen LogP contribution in [0.3, 0.4) is 0 Å². The molecule has 1 unspecified atom stereocenters. The number of morpholine rings is 1. The van der Waals surface area contributed by atoms with Crippen LogP contribution in [0.2, 0.25) is 0 Å². The molecular formula is C17H22ClFN2O2. The molecule has 1 spiro atoms. The fourth-order valence-corrected chi connectivity index (χ4v) is 4.04. The van der Waals surface area contributed by atoms with E-state index in [0.29, 0.717) is 26.2 Å². The largest absolute Gasteiger partial charge is 0.378 e.